The number of nitro benzene ring substituents is 1. The van der Waals surface area contributed by atoms with Gasteiger partial charge in [0.15, 0.2) is 11.4 Å². The van der Waals surface area contributed by atoms with E-state index in [-0.39, 0.29) is 30.4 Å². The SMILES string of the molecule is Cc1ccc(NC(=O)C[NH+]2CCN(S(=O)(=O)c3ccccc3[N+](=O)[O-])CC2)c(Br)c1. The zero-order chi connectivity index (χ0) is 21.9. The molecule has 0 aromatic heterocycles. The Bertz CT molecular complexity index is 1070. The fraction of sp³-hybridized carbons (Fsp3) is 0.316. The van der Waals surface area contributed by atoms with E-state index in [0.29, 0.717) is 18.8 Å². The number of aryl methyl sites for hydroxylation is 1. The molecule has 0 radical (unpaired) electrons. The Morgan fingerprint density at radius 3 is 2.53 bits per heavy atom. The Labute approximate surface area is 183 Å². The molecule has 0 unspecified atom stereocenters. The Kier molecular flexibility index (Phi) is 6.86. The summed E-state index contributed by atoms with van der Waals surface area (Å²) in [5.74, 6) is -0.162. The summed E-state index contributed by atoms with van der Waals surface area (Å²) in [7, 11) is -3.98. The third-order valence-corrected chi connectivity index (χ3v) is 7.52. The van der Waals surface area contributed by atoms with E-state index < -0.39 is 20.6 Å². The van der Waals surface area contributed by atoms with Gasteiger partial charge in [-0.05, 0) is 46.6 Å². The van der Waals surface area contributed by atoms with E-state index in [2.05, 4.69) is 21.2 Å². The number of hydrogen-bond acceptors (Lipinski definition) is 5. The number of quaternary nitrogens is 1. The van der Waals surface area contributed by atoms with E-state index in [1.807, 2.05) is 25.1 Å². The molecule has 1 fully saturated rings. The Balaban J connectivity index is 1.60. The second-order valence-electron chi connectivity index (χ2n) is 7.09. The number of hydrogen-bond donors (Lipinski definition) is 2. The molecule has 2 aromatic carbocycles. The van der Waals surface area contributed by atoms with Gasteiger partial charge in [-0.15, -0.1) is 0 Å². The quantitative estimate of drug-likeness (QED) is 0.459. The molecule has 1 aliphatic rings. The van der Waals surface area contributed by atoms with Crippen LogP contribution >= 0.6 is 15.9 Å². The third kappa shape index (κ3) is 5.04. The summed E-state index contributed by atoms with van der Waals surface area (Å²) in [6.45, 7) is 3.40. The minimum Gasteiger partial charge on any atom is -0.325 e. The van der Waals surface area contributed by atoms with Crippen LogP contribution in [0.2, 0.25) is 0 Å². The first-order chi connectivity index (χ1) is 14.2. The van der Waals surface area contributed by atoms with Crippen molar-refractivity contribution in [3.8, 4) is 0 Å². The van der Waals surface area contributed by atoms with Crippen LogP contribution in [-0.2, 0) is 14.8 Å². The molecule has 2 aromatic rings. The zero-order valence-corrected chi connectivity index (χ0v) is 18.7. The second kappa shape index (κ2) is 9.21. The number of halogens is 1. The standard InChI is InChI=1S/C19H21BrN4O5S/c1-14-6-7-16(15(20)12-14)21-19(25)13-22-8-10-23(11-9-22)30(28,29)18-5-3-2-4-17(18)24(26)27/h2-7,12H,8-11,13H2,1H3,(H,21,25)/p+1. The average molecular weight is 498 g/mol. The van der Waals surface area contributed by atoms with Crippen molar-refractivity contribution in [2.24, 2.45) is 0 Å². The molecule has 11 heteroatoms. The molecule has 1 heterocycles. The number of nitro groups is 1. The van der Waals surface area contributed by atoms with E-state index in [4.69, 9.17) is 0 Å². The van der Waals surface area contributed by atoms with E-state index in [9.17, 15) is 23.3 Å². The molecular formula is C19H22BrN4O5S+. The Morgan fingerprint density at radius 2 is 1.90 bits per heavy atom. The van der Waals surface area contributed by atoms with Crippen molar-refractivity contribution in [2.45, 2.75) is 11.8 Å². The molecule has 0 saturated carbocycles. The molecule has 30 heavy (non-hydrogen) atoms. The van der Waals surface area contributed by atoms with Gasteiger partial charge in [0, 0.05) is 10.5 Å². The van der Waals surface area contributed by atoms with Crippen molar-refractivity contribution in [3.05, 3.63) is 62.6 Å². The van der Waals surface area contributed by atoms with E-state index in [0.717, 1.165) is 14.9 Å². The maximum atomic E-state index is 12.9. The van der Waals surface area contributed by atoms with Crippen molar-refractivity contribution in [3.63, 3.8) is 0 Å². The summed E-state index contributed by atoms with van der Waals surface area (Å²) in [4.78, 5) is 23.5. The number of amides is 1. The minimum atomic E-state index is -3.98. The van der Waals surface area contributed by atoms with Crippen LogP contribution in [0.1, 0.15) is 5.56 Å². The van der Waals surface area contributed by atoms with Gasteiger partial charge < -0.3 is 10.2 Å². The summed E-state index contributed by atoms with van der Waals surface area (Å²) in [5.41, 5.74) is 1.32. The predicted molar refractivity (Wildman–Crippen MR) is 115 cm³/mol. The smallest absolute Gasteiger partial charge is 0.289 e. The van der Waals surface area contributed by atoms with Crippen molar-refractivity contribution < 1.29 is 23.0 Å². The normalized spacial score (nSPS) is 15.7. The summed E-state index contributed by atoms with van der Waals surface area (Å²) < 4.78 is 27.8. The van der Waals surface area contributed by atoms with Crippen LogP contribution in [0.15, 0.2) is 51.8 Å². The van der Waals surface area contributed by atoms with Gasteiger partial charge in [0.1, 0.15) is 0 Å². The van der Waals surface area contributed by atoms with Gasteiger partial charge in [-0.1, -0.05) is 18.2 Å². The molecule has 1 saturated heterocycles. The van der Waals surface area contributed by atoms with E-state index in [1.165, 1.54) is 28.6 Å². The van der Waals surface area contributed by atoms with Crippen LogP contribution in [0.25, 0.3) is 0 Å². The summed E-state index contributed by atoms with van der Waals surface area (Å²) >= 11 is 3.43. The average Bonchev–Trinajstić information content (AvgIpc) is 2.70. The van der Waals surface area contributed by atoms with Crippen molar-refractivity contribution in [2.75, 3.05) is 38.0 Å². The minimum absolute atomic E-state index is 0.162. The van der Waals surface area contributed by atoms with Crippen molar-refractivity contribution >= 4 is 43.2 Å². The Hall–Kier alpha value is -2.34. The molecule has 0 spiro atoms. The monoisotopic (exact) mass is 497 g/mol. The molecule has 9 nitrogen and oxygen atoms in total. The summed E-state index contributed by atoms with van der Waals surface area (Å²) in [6.07, 6.45) is 0. The van der Waals surface area contributed by atoms with Gasteiger partial charge >= 0.3 is 0 Å². The lowest BCUT2D eigenvalue weighted by molar-refractivity contribution is -0.895. The number of benzene rings is 2. The number of anilines is 1. The van der Waals surface area contributed by atoms with Crippen molar-refractivity contribution in [1.29, 1.82) is 0 Å². The molecule has 0 aliphatic carbocycles. The van der Waals surface area contributed by atoms with Crippen LogP contribution in [0.5, 0.6) is 0 Å². The van der Waals surface area contributed by atoms with Gasteiger partial charge in [0.05, 0.1) is 36.8 Å². The second-order valence-corrected chi connectivity index (χ2v) is 9.85. The van der Waals surface area contributed by atoms with E-state index >= 15 is 0 Å². The molecule has 1 aliphatic heterocycles. The fourth-order valence-electron chi connectivity index (χ4n) is 3.33. The molecule has 0 bridgehead atoms. The first-order valence-electron chi connectivity index (χ1n) is 9.31. The maximum absolute atomic E-state index is 12.9. The first-order valence-corrected chi connectivity index (χ1v) is 11.5. The van der Waals surface area contributed by atoms with E-state index in [1.54, 1.807) is 0 Å². The highest BCUT2D eigenvalue weighted by Crippen LogP contribution is 2.26. The number of sulfonamides is 1. The van der Waals surface area contributed by atoms with Gasteiger partial charge in [0.25, 0.3) is 11.6 Å². The summed E-state index contributed by atoms with van der Waals surface area (Å²) in [6, 6.07) is 11.0. The van der Waals surface area contributed by atoms with Crippen molar-refractivity contribution in [1.82, 2.24) is 4.31 Å². The highest BCUT2D eigenvalue weighted by atomic mass is 79.9. The molecule has 160 valence electrons. The molecule has 2 N–H and O–H groups in total. The molecular weight excluding hydrogens is 476 g/mol. The number of nitrogens with one attached hydrogen (secondary N) is 2. The number of para-hydroxylation sites is 1. The zero-order valence-electron chi connectivity index (χ0n) is 16.3. The molecule has 1 amide bonds. The lowest BCUT2D eigenvalue weighted by atomic mass is 10.2. The Morgan fingerprint density at radius 1 is 1.23 bits per heavy atom. The van der Waals surface area contributed by atoms with Crippen LogP contribution in [0.4, 0.5) is 11.4 Å². The van der Waals surface area contributed by atoms with Crippen LogP contribution < -0.4 is 10.2 Å². The lowest BCUT2D eigenvalue weighted by Crippen LogP contribution is -3.15. The predicted octanol–water partition coefficient (Wildman–Crippen LogP) is 1.19. The number of carbonyl (C=O) groups is 1. The van der Waals surface area contributed by atoms with Crippen LogP contribution in [-0.4, -0.2) is 56.3 Å². The van der Waals surface area contributed by atoms with Crippen LogP contribution in [0, 0.1) is 17.0 Å². The van der Waals surface area contributed by atoms with Gasteiger partial charge in [-0.2, -0.15) is 4.31 Å². The summed E-state index contributed by atoms with van der Waals surface area (Å²) in [5, 5.41) is 14.0. The van der Waals surface area contributed by atoms with Gasteiger partial charge in [-0.25, -0.2) is 8.42 Å². The fourth-order valence-corrected chi connectivity index (χ4v) is 5.52. The van der Waals surface area contributed by atoms with Gasteiger partial charge in [-0.3, -0.25) is 14.9 Å². The number of piperazine rings is 1. The lowest BCUT2D eigenvalue weighted by Gasteiger charge is -2.31. The van der Waals surface area contributed by atoms with Crippen LogP contribution in [0.3, 0.4) is 0 Å². The maximum Gasteiger partial charge on any atom is 0.289 e. The molecule has 0 atom stereocenters. The highest BCUT2D eigenvalue weighted by Gasteiger charge is 2.35. The number of nitrogens with zero attached hydrogens (tertiary/aromatic N) is 2. The first kappa shape index (κ1) is 22.3. The molecule has 3 rings (SSSR count). The highest BCUT2D eigenvalue weighted by molar-refractivity contribution is 9.10. The number of rotatable bonds is 6. The number of carbonyl (C=O) groups excluding carboxylic acids is 1. The topological polar surface area (TPSA) is 114 Å². The van der Waals surface area contributed by atoms with Gasteiger partial charge in [0.2, 0.25) is 10.0 Å². The third-order valence-electron chi connectivity index (χ3n) is 4.92. The largest absolute Gasteiger partial charge is 0.325 e.